The molecule has 0 aliphatic heterocycles. The molecule has 0 aromatic carbocycles. The maximum absolute atomic E-state index is 8.87. The summed E-state index contributed by atoms with van der Waals surface area (Å²) >= 11 is 0. The minimum Gasteiger partial charge on any atom is -0.395 e. The molecule has 1 aliphatic carbocycles. The molecule has 1 heteroatoms. The standard InChI is InChI=1S/C9H12O/c1-2-8-5-3-4-6-9(8)7-10/h2-6,9-10H,7H2,1H3/b8-2-. The average molecular weight is 136 g/mol. The van der Waals surface area contributed by atoms with E-state index in [-0.39, 0.29) is 12.5 Å². The van der Waals surface area contributed by atoms with Crippen LogP contribution in [0.4, 0.5) is 0 Å². The zero-order valence-electron chi connectivity index (χ0n) is 6.12. The summed E-state index contributed by atoms with van der Waals surface area (Å²) in [5.74, 6) is 0.218. The molecule has 0 amide bonds. The van der Waals surface area contributed by atoms with Crippen LogP contribution in [0.25, 0.3) is 0 Å². The second-order valence-electron chi connectivity index (χ2n) is 2.32. The van der Waals surface area contributed by atoms with Gasteiger partial charge in [-0.15, -0.1) is 0 Å². The van der Waals surface area contributed by atoms with Gasteiger partial charge in [-0.05, 0) is 12.5 Å². The molecule has 0 aromatic heterocycles. The summed E-state index contributed by atoms with van der Waals surface area (Å²) in [7, 11) is 0. The third-order valence-corrected chi connectivity index (χ3v) is 1.70. The van der Waals surface area contributed by atoms with Crippen molar-refractivity contribution in [3.63, 3.8) is 0 Å². The summed E-state index contributed by atoms with van der Waals surface area (Å²) in [6.07, 6.45) is 10.0. The summed E-state index contributed by atoms with van der Waals surface area (Å²) in [6.45, 7) is 2.20. The minimum atomic E-state index is 0.209. The van der Waals surface area contributed by atoms with E-state index in [0.717, 1.165) is 0 Å². The molecule has 1 unspecified atom stereocenters. The van der Waals surface area contributed by atoms with Gasteiger partial charge in [0.05, 0.1) is 6.61 Å². The van der Waals surface area contributed by atoms with Crippen LogP contribution < -0.4 is 0 Å². The first kappa shape index (κ1) is 7.29. The Morgan fingerprint density at radius 2 is 2.40 bits per heavy atom. The van der Waals surface area contributed by atoms with E-state index in [2.05, 4.69) is 0 Å². The van der Waals surface area contributed by atoms with Crippen molar-refractivity contribution in [1.29, 1.82) is 0 Å². The maximum atomic E-state index is 8.87. The number of hydrogen-bond acceptors (Lipinski definition) is 1. The third kappa shape index (κ3) is 1.36. The molecule has 0 heterocycles. The molecule has 0 aromatic rings. The minimum absolute atomic E-state index is 0.209. The van der Waals surface area contributed by atoms with Crippen LogP contribution in [0, 0.1) is 5.92 Å². The van der Waals surface area contributed by atoms with E-state index in [1.165, 1.54) is 5.57 Å². The normalized spacial score (nSPS) is 27.8. The Bertz CT molecular complexity index is 187. The van der Waals surface area contributed by atoms with Gasteiger partial charge in [0.2, 0.25) is 0 Å². The first-order valence-electron chi connectivity index (χ1n) is 3.50. The highest BCUT2D eigenvalue weighted by molar-refractivity contribution is 5.32. The SMILES string of the molecule is C/C=C1/C=CC=CC1CO. The van der Waals surface area contributed by atoms with Crippen molar-refractivity contribution >= 4 is 0 Å². The zero-order chi connectivity index (χ0) is 7.40. The number of aliphatic hydroxyl groups excluding tert-OH is 1. The van der Waals surface area contributed by atoms with Crippen LogP contribution in [-0.4, -0.2) is 11.7 Å². The van der Waals surface area contributed by atoms with Crippen LogP contribution in [0.3, 0.4) is 0 Å². The van der Waals surface area contributed by atoms with Crippen LogP contribution in [0.1, 0.15) is 6.92 Å². The van der Waals surface area contributed by atoms with Crippen LogP contribution in [0.5, 0.6) is 0 Å². The van der Waals surface area contributed by atoms with E-state index in [9.17, 15) is 0 Å². The van der Waals surface area contributed by atoms with Crippen molar-refractivity contribution in [2.45, 2.75) is 6.92 Å². The molecule has 0 fully saturated rings. The van der Waals surface area contributed by atoms with E-state index in [1.807, 2.05) is 37.3 Å². The molecule has 0 saturated heterocycles. The number of hydrogen-bond donors (Lipinski definition) is 1. The molecule has 0 saturated carbocycles. The summed E-state index contributed by atoms with van der Waals surface area (Å²) < 4.78 is 0. The van der Waals surface area contributed by atoms with Crippen molar-refractivity contribution in [3.05, 3.63) is 36.0 Å². The van der Waals surface area contributed by atoms with E-state index >= 15 is 0 Å². The molecule has 1 N–H and O–H groups in total. The van der Waals surface area contributed by atoms with Crippen molar-refractivity contribution < 1.29 is 5.11 Å². The summed E-state index contributed by atoms with van der Waals surface area (Å²) in [6, 6.07) is 0. The molecule has 1 atom stereocenters. The van der Waals surface area contributed by atoms with Gasteiger partial charge in [0, 0.05) is 5.92 Å². The van der Waals surface area contributed by atoms with E-state index in [0.29, 0.717) is 0 Å². The van der Waals surface area contributed by atoms with Crippen LogP contribution in [0.15, 0.2) is 36.0 Å². The van der Waals surface area contributed by atoms with Gasteiger partial charge in [0.25, 0.3) is 0 Å². The van der Waals surface area contributed by atoms with Gasteiger partial charge in [-0.1, -0.05) is 30.4 Å². The smallest absolute Gasteiger partial charge is 0.0534 e. The topological polar surface area (TPSA) is 20.2 Å². The Kier molecular flexibility index (Phi) is 2.46. The predicted molar refractivity (Wildman–Crippen MR) is 42.6 cm³/mol. The molecule has 1 rings (SSSR count). The Morgan fingerprint density at radius 1 is 1.60 bits per heavy atom. The van der Waals surface area contributed by atoms with E-state index in [1.54, 1.807) is 0 Å². The zero-order valence-corrected chi connectivity index (χ0v) is 6.12. The molecular weight excluding hydrogens is 124 g/mol. The van der Waals surface area contributed by atoms with Crippen molar-refractivity contribution in [2.24, 2.45) is 5.92 Å². The fraction of sp³-hybridized carbons (Fsp3) is 0.333. The third-order valence-electron chi connectivity index (χ3n) is 1.70. The van der Waals surface area contributed by atoms with Gasteiger partial charge in [-0.25, -0.2) is 0 Å². The molecular formula is C9H12O. The summed E-state index contributed by atoms with van der Waals surface area (Å²) in [5, 5.41) is 8.87. The second kappa shape index (κ2) is 3.37. The van der Waals surface area contributed by atoms with Gasteiger partial charge in [0.15, 0.2) is 0 Å². The van der Waals surface area contributed by atoms with Gasteiger partial charge >= 0.3 is 0 Å². The Balaban J connectivity index is 2.74. The highest BCUT2D eigenvalue weighted by Gasteiger charge is 2.07. The largest absolute Gasteiger partial charge is 0.395 e. The Hall–Kier alpha value is -0.820. The van der Waals surface area contributed by atoms with Crippen LogP contribution in [-0.2, 0) is 0 Å². The van der Waals surface area contributed by atoms with Crippen molar-refractivity contribution in [2.75, 3.05) is 6.61 Å². The highest BCUT2D eigenvalue weighted by Crippen LogP contribution is 2.17. The summed E-state index contributed by atoms with van der Waals surface area (Å²) in [4.78, 5) is 0. The van der Waals surface area contributed by atoms with Gasteiger partial charge in [-0.3, -0.25) is 0 Å². The van der Waals surface area contributed by atoms with Gasteiger partial charge in [-0.2, -0.15) is 0 Å². The first-order valence-corrected chi connectivity index (χ1v) is 3.50. The molecule has 10 heavy (non-hydrogen) atoms. The first-order chi connectivity index (χ1) is 4.88. The second-order valence-corrected chi connectivity index (χ2v) is 2.32. The molecule has 0 radical (unpaired) electrons. The van der Waals surface area contributed by atoms with Crippen molar-refractivity contribution in [1.82, 2.24) is 0 Å². The quantitative estimate of drug-likeness (QED) is 0.581. The summed E-state index contributed by atoms with van der Waals surface area (Å²) in [5.41, 5.74) is 1.20. The molecule has 54 valence electrons. The predicted octanol–water partition coefficient (Wildman–Crippen LogP) is 1.67. The lowest BCUT2D eigenvalue weighted by Crippen LogP contribution is -2.06. The monoisotopic (exact) mass is 136 g/mol. The fourth-order valence-corrected chi connectivity index (χ4v) is 1.08. The Labute approximate surface area is 61.4 Å². The lowest BCUT2D eigenvalue weighted by atomic mass is 9.95. The van der Waals surface area contributed by atoms with Gasteiger partial charge in [0.1, 0.15) is 0 Å². The Morgan fingerprint density at radius 3 is 2.90 bits per heavy atom. The van der Waals surface area contributed by atoms with E-state index in [4.69, 9.17) is 5.11 Å². The molecule has 0 bridgehead atoms. The molecule has 1 nitrogen and oxygen atoms in total. The van der Waals surface area contributed by atoms with Gasteiger partial charge < -0.3 is 5.11 Å². The molecule has 1 aliphatic rings. The number of aliphatic hydroxyl groups is 1. The van der Waals surface area contributed by atoms with Crippen molar-refractivity contribution in [3.8, 4) is 0 Å². The number of allylic oxidation sites excluding steroid dienone is 4. The average Bonchev–Trinajstić information content (AvgIpc) is 2.04. The van der Waals surface area contributed by atoms with Crippen LogP contribution in [0.2, 0.25) is 0 Å². The number of rotatable bonds is 1. The lowest BCUT2D eigenvalue weighted by molar-refractivity contribution is 0.270. The highest BCUT2D eigenvalue weighted by atomic mass is 16.3. The van der Waals surface area contributed by atoms with E-state index < -0.39 is 0 Å². The molecule has 0 spiro atoms. The fourth-order valence-electron chi connectivity index (χ4n) is 1.08. The lowest BCUT2D eigenvalue weighted by Gasteiger charge is -2.12. The maximum Gasteiger partial charge on any atom is 0.0534 e. The van der Waals surface area contributed by atoms with Crippen LogP contribution >= 0.6 is 0 Å².